The summed E-state index contributed by atoms with van der Waals surface area (Å²) in [5.74, 6) is 1.78. The van der Waals surface area contributed by atoms with E-state index in [1.54, 1.807) is 41.6 Å². The molecule has 3 aromatic carbocycles. The molecule has 2 amide bonds. The van der Waals surface area contributed by atoms with Gasteiger partial charge in [0, 0.05) is 54.8 Å². The number of fused-ring (bicyclic) bond motifs is 1. The number of carbonyl (C=O) groups is 2. The quantitative estimate of drug-likeness (QED) is 0.248. The molecule has 9 heteroatoms. The number of rotatable bonds is 10. The molecule has 5 rings (SSSR count). The summed E-state index contributed by atoms with van der Waals surface area (Å²) in [6, 6.07) is 26.1. The highest BCUT2D eigenvalue weighted by Crippen LogP contribution is 2.30. The van der Waals surface area contributed by atoms with Gasteiger partial charge in [-0.15, -0.1) is 0 Å². The number of aliphatic hydroxyl groups excluding tert-OH is 1. The zero-order valence-electron chi connectivity index (χ0n) is 25.9. The Hall–Kier alpha value is -4.73. The molecule has 9 nitrogen and oxygen atoms in total. The lowest BCUT2D eigenvalue weighted by Crippen LogP contribution is -2.47. The number of likely N-dealkylation sites (N-methyl/N-ethyl adjacent to an activating group) is 1. The number of aromatic nitrogens is 1. The molecule has 4 aromatic rings. The van der Waals surface area contributed by atoms with Crippen molar-refractivity contribution in [2.45, 2.75) is 39.0 Å². The normalized spacial score (nSPS) is 17.4. The van der Waals surface area contributed by atoms with Gasteiger partial charge in [0.2, 0.25) is 5.91 Å². The van der Waals surface area contributed by atoms with E-state index in [-0.39, 0.29) is 42.9 Å². The highest BCUT2D eigenvalue weighted by Gasteiger charge is 2.31. The lowest BCUT2D eigenvalue weighted by atomic mass is 10.0. The summed E-state index contributed by atoms with van der Waals surface area (Å²) in [6.45, 7) is 5.54. The zero-order chi connectivity index (χ0) is 31.8. The molecule has 1 aromatic heterocycles. The lowest BCUT2D eigenvalue weighted by molar-refractivity contribution is -0.134. The number of para-hydroxylation sites is 1. The third-order valence-electron chi connectivity index (χ3n) is 7.96. The van der Waals surface area contributed by atoms with Crippen LogP contribution in [0, 0.1) is 5.92 Å². The molecule has 1 aliphatic heterocycles. The average Bonchev–Trinajstić information content (AvgIpc) is 3.09. The molecule has 0 bridgehead atoms. The van der Waals surface area contributed by atoms with E-state index in [0.717, 1.165) is 17.1 Å². The van der Waals surface area contributed by atoms with E-state index in [9.17, 15) is 14.7 Å². The second-order valence-electron chi connectivity index (χ2n) is 11.7. The van der Waals surface area contributed by atoms with Crippen molar-refractivity contribution in [2.24, 2.45) is 5.92 Å². The number of ether oxygens (including phenoxy) is 2. The molecule has 234 valence electrons. The standard InChI is InChI=1S/C36H40N4O5/c1-25-21-40(26(2)24-41)35(42)20-29-19-30(38-36(43)28-15-17-37-18-16-28)11-14-33(29)45-34(25)23-39(3)22-27-9-12-32(13-10-27)44-31-7-5-4-6-8-31/h4-19,25-26,34,41H,20-24H2,1-3H3,(H,38,43)/t25-,26-,34+/m0/s1. The summed E-state index contributed by atoms with van der Waals surface area (Å²) in [4.78, 5) is 34.2. The van der Waals surface area contributed by atoms with Crippen LogP contribution >= 0.6 is 0 Å². The minimum Gasteiger partial charge on any atom is -0.488 e. The van der Waals surface area contributed by atoms with Crippen LogP contribution in [0.3, 0.4) is 0 Å². The van der Waals surface area contributed by atoms with Gasteiger partial charge in [-0.05, 0) is 74.1 Å². The number of hydrogen-bond donors (Lipinski definition) is 2. The van der Waals surface area contributed by atoms with E-state index < -0.39 is 0 Å². The molecule has 2 heterocycles. The third-order valence-corrected chi connectivity index (χ3v) is 7.96. The third kappa shape index (κ3) is 8.47. The van der Waals surface area contributed by atoms with Crippen molar-refractivity contribution in [1.29, 1.82) is 0 Å². The van der Waals surface area contributed by atoms with E-state index in [1.165, 1.54) is 0 Å². The molecule has 45 heavy (non-hydrogen) atoms. The van der Waals surface area contributed by atoms with Gasteiger partial charge in [-0.3, -0.25) is 19.5 Å². The monoisotopic (exact) mass is 608 g/mol. The van der Waals surface area contributed by atoms with Crippen LogP contribution in [0.4, 0.5) is 5.69 Å². The molecule has 0 spiro atoms. The fourth-order valence-corrected chi connectivity index (χ4v) is 5.40. The minimum atomic E-state index is -0.342. The Morgan fingerprint density at radius 1 is 1.07 bits per heavy atom. The van der Waals surface area contributed by atoms with E-state index in [1.807, 2.05) is 55.5 Å². The number of nitrogens with one attached hydrogen (secondary N) is 1. The summed E-state index contributed by atoms with van der Waals surface area (Å²) < 4.78 is 12.6. The van der Waals surface area contributed by atoms with Gasteiger partial charge in [0.05, 0.1) is 19.1 Å². The number of hydrogen-bond acceptors (Lipinski definition) is 7. The van der Waals surface area contributed by atoms with E-state index >= 15 is 0 Å². The number of benzene rings is 3. The Kier molecular flexibility index (Phi) is 10.4. The lowest BCUT2D eigenvalue weighted by Gasteiger charge is -2.34. The van der Waals surface area contributed by atoms with Crippen molar-refractivity contribution in [3.05, 3.63) is 114 Å². The zero-order valence-corrected chi connectivity index (χ0v) is 25.9. The molecule has 0 radical (unpaired) electrons. The van der Waals surface area contributed by atoms with Gasteiger partial charge in [-0.2, -0.15) is 0 Å². The maximum Gasteiger partial charge on any atom is 0.255 e. The molecule has 0 unspecified atom stereocenters. The molecule has 1 aliphatic rings. The van der Waals surface area contributed by atoms with Crippen molar-refractivity contribution < 1.29 is 24.2 Å². The number of nitrogens with zero attached hydrogens (tertiary/aromatic N) is 3. The van der Waals surface area contributed by atoms with Crippen molar-refractivity contribution >= 4 is 17.5 Å². The molecular weight excluding hydrogens is 568 g/mol. The van der Waals surface area contributed by atoms with Crippen LogP contribution in [0.5, 0.6) is 17.2 Å². The Morgan fingerprint density at radius 3 is 2.49 bits per heavy atom. The Morgan fingerprint density at radius 2 is 1.78 bits per heavy atom. The largest absolute Gasteiger partial charge is 0.488 e. The van der Waals surface area contributed by atoms with Gasteiger partial charge in [0.15, 0.2) is 0 Å². The fourth-order valence-electron chi connectivity index (χ4n) is 5.40. The Labute approximate surface area is 264 Å². The van der Waals surface area contributed by atoms with Gasteiger partial charge >= 0.3 is 0 Å². The first-order valence-electron chi connectivity index (χ1n) is 15.2. The number of anilines is 1. The van der Waals surface area contributed by atoms with Crippen molar-refractivity contribution in [1.82, 2.24) is 14.8 Å². The van der Waals surface area contributed by atoms with Gasteiger partial charge in [0.25, 0.3) is 5.91 Å². The van der Waals surface area contributed by atoms with Crippen LogP contribution in [0.15, 0.2) is 97.3 Å². The van der Waals surface area contributed by atoms with E-state index in [2.05, 4.69) is 41.3 Å². The summed E-state index contributed by atoms with van der Waals surface area (Å²) in [5.41, 5.74) is 2.86. The highest BCUT2D eigenvalue weighted by molar-refractivity contribution is 6.04. The van der Waals surface area contributed by atoms with Crippen LogP contribution < -0.4 is 14.8 Å². The first kappa shape index (κ1) is 31.7. The van der Waals surface area contributed by atoms with E-state index in [0.29, 0.717) is 42.2 Å². The molecule has 0 fully saturated rings. The van der Waals surface area contributed by atoms with Crippen molar-refractivity contribution in [2.75, 3.05) is 32.1 Å². The number of carbonyl (C=O) groups excluding carboxylic acids is 2. The second kappa shape index (κ2) is 14.8. The number of aliphatic hydroxyl groups is 1. The molecule has 0 saturated heterocycles. The SMILES string of the molecule is C[C@H]1CN([C@@H](C)CO)C(=O)Cc2cc(NC(=O)c3ccncc3)ccc2O[C@@H]1CN(C)Cc1ccc(Oc2ccccc2)cc1. The summed E-state index contributed by atoms with van der Waals surface area (Å²) in [7, 11) is 2.05. The summed E-state index contributed by atoms with van der Waals surface area (Å²) >= 11 is 0. The van der Waals surface area contributed by atoms with Crippen molar-refractivity contribution in [3.63, 3.8) is 0 Å². The molecule has 0 saturated carbocycles. The van der Waals surface area contributed by atoms with Crippen LogP contribution in [0.25, 0.3) is 0 Å². The van der Waals surface area contributed by atoms with Crippen LogP contribution in [0.1, 0.15) is 35.3 Å². The maximum absolute atomic E-state index is 13.5. The molecule has 3 atom stereocenters. The first-order valence-corrected chi connectivity index (χ1v) is 15.2. The fraction of sp³-hybridized carbons (Fsp3) is 0.306. The number of pyridine rings is 1. The van der Waals surface area contributed by atoms with Gasteiger partial charge in [-0.25, -0.2) is 0 Å². The number of amides is 2. The highest BCUT2D eigenvalue weighted by atomic mass is 16.5. The Balaban J connectivity index is 1.32. The minimum absolute atomic E-state index is 0.0240. The second-order valence-corrected chi connectivity index (χ2v) is 11.7. The summed E-state index contributed by atoms with van der Waals surface area (Å²) in [6.07, 6.45) is 2.98. The van der Waals surface area contributed by atoms with Gasteiger partial charge in [-0.1, -0.05) is 37.3 Å². The average molecular weight is 609 g/mol. The first-order chi connectivity index (χ1) is 21.8. The predicted molar refractivity (Wildman–Crippen MR) is 173 cm³/mol. The van der Waals surface area contributed by atoms with Crippen LogP contribution in [-0.2, 0) is 17.8 Å². The van der Waals surface area contributed by atoms with Crippen LogP contribution in [-0.4, -0.2) is 70.6 Å². The van der Waals surface area contributed by atoms with Gasteiger partial charge < -0.3 is 24.8 Å². The maximum atomic E-state index is 13.5. The molecular formula is C36H40N4O5. The predicted octanol–water partition coefficient (Wildman–Crippen LogP) is 5.41. The molecule has 2 N–H and O–H groups in total. The van der Waals surface area contributed by atoms with Crippen molar-refractivity contribution in [3.8, 4) is 17.2 Å². The van der Waals surface area contributed by atoms with Gasteiger partial charge in [0.1, 0.15) is 23.4 Å². The Bertz CT molecular complexity index is 1570. The van der Waals surface area contributed by atoms with E-state index in [4.69, 9.17) is 9.47 Å². The van der Waals surface area contributed by atoms with Crippen LogP contribution in [0.2, 0.25) is 0 Å². The molecule has 0 aliphatic carbocycles. The smallest absolute Gasteiger partial charge is 0.255 e. The summed E-state index contributed by atoms with van der Waals surface area (Å²) in [5, 5.41) is 12.9. The topological polar surface area (TPSA) is 104 Å².